The molecule has 1 atom stereocenters. The Balaban J connectivity index is 1.54. The number of methoxy groups -OCH3 is 1. The van der Waals surface area contributed by atoms with Crippen molar-refractivity contribution < 1.29 is 17.9 Å². The third-order valence-electron chi connectivity index (χ3n) is 5.78. The van der Waals surface area contributed by atoms with Crippen LogP contribution in [0.4, 0.5) is 18.9 Å². The van der Waals surface area contributed by atoms with Crippen molar-refractivity contribution in [1.29, 1.82) is 0 Å². The first kappa shape index (κ1) is 24.0. The van der Waals surface area contributed by atoms with Crippen LogP contribution in [0.1, 0.15) is 30.0 Å². The van der Waals surface area contributed by atoms with Crippen molar-refractivity contribution in [1.82, 2.24) is 19.7 Å². The number of alkyl halides is 3. The van der Waals surface area contributed by atoms with Crippen molar-refractivity contribution in [2.45, 2.75) is 25.1 Å². The van der Waals surface area contributed by atoms with E-state index in [1.54, 1.807) is 7.11 Å². The topological polar surface area (TPSA) is 72.3 Å². The van der Waals surface area contributed by atoms with Gasteiger partial charge in [-0.05, 0) is 55.8 Å². The van der Waals surface area contributed by atoms with E-state index in [0.717, 1.165) is 54.1 Å². The zero-order chi connectivity index (χ0) is 24.3. The summed E-state index contributed by atoms with van der Waals surface area (Å²) in [7, 11) is 1.62. The Hall–Kier alpha value is -3.11. The van der Waals surface area contributed by atoms with Gasteiger partial charge >= 0.3 is 6.18 Å². The number of halogens is 4. The number of pyridine rings is 1. The molecule has 1 N–H and O–H groups in total. The van der Waals surface area contributed by atoms with Crippen molar-refractivity contribution in [2.24, 2.45) is 0 Å². The molecule has 0 spiro atoms. The number of nitrogens with zero attached hydrogens (tertiary/aromatic N) is 4. The number of benzene rings is 1. The highest BCUT2D eigenvalue weighted by Gasteiger charge is 2.31. The molecule has 180 valence electrons. The molecular weight excluding hydrogens is 471 g/mol. The molecule has 34 heavy (non-hydrogen) atoms. The van der Waals surface area contributed by atoms with Gasteiger partial charge in [0.05, 0.1) is 30.6 Å². The fourth-order valence-corrected chi connectivity index (χ4v) is 4.14. The van der Waals surface area contributed by atoms with Gasteiger partial charge in [0, 0.05) is 12.7 Å². The summed E-state index contributed by atoms with van der Waals surface area (Å²) >= 11 is 6.31. The lowest BCUT2D eigenvalue weighted by Gasteiger charge is -2.28. The van der Waals surface area contributed by atoms with Crippen molar-refractivity contribution >= 4 is 17.3 Å². The average molecular weight is 494 g/mol. The average Bonchev–Trinajstić information content (AvgIpc) is 3.36. The second-order valence-electron chi connectivity index (χ2n) is 7.90. The molecule has 3 heterocycles. The molecule has 0 radical (unpaired) electrons. The maximum atomic E-state index is 12.8. The number of nitrogens with one attached hydrogen (secondary N) is 1. The maximum absolute atomic E-state index is 12.8. The number of anilines is 1. The molecule has 0 amide bonds. The van der Waals surface area contributed by atoms with Gasteiger partial charge in [0.1, 0.15) is 10.8 Å². The number of hydrogen-bond acceptors (Lipinski definition) is 6. The van der Waals surface area contributed by atoms with E-state index in [9.17, 15) is 18.0 Å². The highest BCUT2D eigenvalue weighted by molar-refractivity contribution is 6.32. The van der Waals surface area contributed by atoms with Crippen LogP contribution in [0.25, 0.3) is 5.82 Å². The Kier molecular flexibility index (Phi) is 7.08. The standard InChI is InChI=1S/C23H23ClF3N5O2/c1-34-17-7-4-15(5-8-17)19(31-10-2-3-11-31)14-28-18-13-30-32(22(33)21(18)24)20-9-6-16(12-29-20)23(25,26)27/h4-9,12-13,19,28H,2-3,10-11,14H2,1H3. The van der Waals surface area contributed by atoms with E-state index in [0.29, 0.717) is 18.4 Å². The summed E-state index contributed by atoms with van der Waals surface area (Å²) in [6.07, 6.45) is -0.265. The molecule has 1 saturated heterocycles. The number of rotatable bonds is 7. The van der Waals surface area contributed by atoms with Crippen molar-refractivity contribution in [3.8, 4) is 11.6 Å². The SMILES string of the molecule is COc1ccc(C(CNc2cnn(-c3ccc(C(F)(F)F)cn3)c(=O)c2Cl)N2CCCC2)cc1. The van der Waals surface area contributed by atoms with Crippen LogP contribution < -0.4 is 15.6 Å². The lowest BCUT2D eigenvalue weighted by Crippen LogP contribution is -2.31. The molecule has 11 heteroatoms. The molecule has 1 unspecified atom stereocenters. The molecule has 0 bridgehead atoms. The Labute approximate surface area is 199 Å². The summed E-state index contributed by atoms with van der Waals surface area (Å²) in [6.45, 7) is 2.41. The number of aromatic nitrogens is 3. The first-order valence-corrected chi connectivity index (χ1v) is 11.1. The summed E-state index contributed by atoms with van der Waals surface area (Å²) in [5.41, 5.74) is -0.157. The van der Waals surface area contributed by atoms with Crippen molar-refractivity contribution in [2.75, 3.05) is 32.1 Å². The summed E-state index contributed by atoms with van der Waals surface area (Å²) < 4.78 is 44.5. The van der Waals surface area contributed by atoms with Crippen LogP contribution in [0.5, 0.6) is 5.75 Å². The van der Waals surface area contributed by atoms with Crippen LogP contribution in [0, 0.1) is 0 Å². The third kappa shape index (κ3) is 5.18. The van der Waals surface area contributed by atoms with Gasteiger partial charge in [-0.3, -0.25) is 9.69 Å². The van der Waals surface area contributed by atoms with Gasteiger partial charge in [-0.1, -0.05) is 23.7 Å². The summed E-state index contributed by atoms with van der Waals surface area (Å²) in [5, 5.41) is 7.15. The Morgan fingerprint density at radius 2 is 1.82 bits per heavy atom. The predicted molar refractivity (Wildman–Crippen MR) is 123 cm³/mol. The van der Waals surface area contributed by atoms with Gasteiger partial charge < -0.3 is 10.1 Å². The van der Waals surface area contributed by atoms with Gasteiger partial charge in [-0.25, -0.2) is 4.98 Å². The quantitative estimate of drug-likeness (QED) is 0.520. The van der Waals surface area contributed by atoms with Gasteiger partial charge in [0.15, 0.2) is 5.82 Å². The molecule has 1 aliphatic heterocycles. The molecule has 3 aromatic rings. The molecule has 2 aromatic heterocycles. The van der Waals surface area contributed by atoms with Gasteiger partial charge in [-0.2, -0.15) is 23.0 Å². The number of hydrogen-bond donors (Lipinski definition) is 1. The van der Waals surface area contributed by atoms with Gasteiger partial charge in [0.25, 0.3) is 5.56 Å². The Morgan fingerprint density at radius 3 is 2.41 bits per heavy atom. The Bertz CT molecular complexity index is 1180. The molecule has 7 nitrogen and oxygen atoms in total. The summed E-state index contributed by atoms with van der Waals surface area (Å²) in [4.78, 5) is 18.8. The van der Waals surface area contributed by atoms with E-state index >= 15 is 0 Å². The normalized spacial score (nSPS) is 15.3. The first-order valence-electron chi connectivity index (χ1n) is 10.7. The minimum absolute atomic E-state index is 0.0449. The lowest BCUT2D eigenvalue weighted by atomic mass is 10.1. The molecule has 0 saturated carbocycles. The predicted octanol–water partition coefficient (Wildman–Crippen LogP) is 4.56. The van der Waals surface area contributed by atoms with E-state index < -0.39 is 17.3 Å². The highest BCUT2D eigenvalue weighted by atomic mass is 35.5. The second-order valence-corrected chi connectivity index (χ2v) is 8.28. The van der Waals surface area contributed by atoms with Crippen LogP contribution >= 0.6 is 11.6 Å². The number of ether oxygens (including phenoxy) is 1. The van der Waals surface area contributed by atoms with Crippen LogP contribution in [0.15, 0.2) is 53.6 Å². The van der Waals surface area contributed by atoms with E-state index in [-0.39, 0.29) is 16.9 Å². The van der Waals surface area contributed by atoms with E-state index in [1.165, 1.54) is 6.20 Å². The number of likely N-dealkylation sites (tertiary alicyclic amines) is 1. The zero-order valence-corrected chi connectivity index (χ0v) is 19.1. The fourth-order valence-electron chi connectivity index (χ4n) is 3.94. The van der Waals surface area contributed by atoms with Crippen molar-refractivity contribution in [3.05, 3.63) is 75.3 Å². The fraction of sp³-hybridized carbons (Fsp3) is 0.348. The lowest BCUT2D eigenvalue weighted by molar-refractivity contribution is -0.137. The molecule has 1 fully saturated rings. The van der Waals surface area contributed by atoms with Gasteiger partial charge in [-0.15, -0.1) is 0 Å². The second kappa shape index (κ2) is 10.0. The smallest absolute Gasteiger partial charge is 0.417 e. The summed E-state index contributed by atoms with van der Waals surface area (Å²) in [5.74, 6) is 0.712. The summed E-state index contributed by atoms with van der Waals surface area (Å²) in [6, 6.07) is 9.80. The molecule has 4 rings (SSSR count). The largest absolute Gasteiger partial charge is 0.497 e. The van der Waals surface area contributed by atoms with E-state index in [1.807, 2.05) is 24.3 Å². The molecule has 1 aromatic carbocycles. The van der Waals surface area contributed by atoms with Crippen LogP contribution in [0.2, 0.25) is 5.02 Å². The minimum Gasteiger partial charge on any atom is -0.497 e. The monoisotopic (exact) mass is 493 g/mol. The minimum atomic E-state index is -4.52. The van der Waals surface area contributed by atoms with Gasteiger partial charge in [0.2, 0.25) is 0 Å². The van der Waals surface area contributed by atoms with Crippen LogP contribution in [0.3, 0.4) is 0 Å². The Morgan fingerprint density at radius 1 is 1.12 bits per heavy atom. The van der Waals surface area contributed by atoms with E-state index in [4.69, 9.17) is 16.3 Å². The molecular formula is C23H23ClF3N5O2. The maximum Gasteiger partial charge on any atom is 0.417 e. The van der Waals surface area contributed by atoms with Crippen LogP contribution in [-0.4, -0.2) is 46.4 Å². The molecule has 0 aliphatic carbocycles. The first-order chi connectivity index (χ1) is 16.3. The third-order valence-corrected chi connectivity index (χ3v) is 6.14. The van der Waals surface area contributed by atoms with Crippen LogP contribution in [-0.2, 0) is 6.18 Å². The van der Waals surface area contributed by atoms with Crippen molar-refractivity contribution in [3.63, 3.8) is 0 Å². The molecule has 1 aliphatic rings. The highest BCUT2D eigenvalue weighted by Crippen LogP contribution is 2.29. The van der Waals surface area contributed by atoms with E-state index in [2.05, 4.69) is 20.3 Å². The zero-order valence-electron chi connectivity index (χ0n) is 18.3.